The Balaban J connectivity index is 2.18. The molecule has 0 spiro atoms. The molecule has 0 aliphatic carbocycles. The van der Waals surface area contributed by atoms with Gasteiger partial charge in [-0.2, -0.15) is 5.10 Å². The summed E-state index contributed by atoms with van der Waals surface area (Å²) in [5, 5.41) is 11.1. The van der Waals surface area contributed by atoms with E-state index in [1.165, 1.54) is 17.5 Å². The molecule has 0 aliphatic rings. The Hall–Kier alpha value is -1.54. The van der Waals surface area contributed by atoms with Gasteiger partial charge in [0.15, 0.2) is 0 Å². The van der Waals surface area contributed by atoms with Gasteiger partial charge < -0.3 is 11.1 Å². The number of hydrogen-bond donors (Lipinski definition) is 2. The van der Waals surface area contributed by atoms with E-state index >= 15 is 0 Å². The molecule has 2 rings (SSSR count). The third-order valence-electron chi connectivity index (χ3n) is 2.74. The standard InChI is InChI=1S/C11H14N4O2S2/c1-6(19(2)17)5-13-10(16)9-8(12)7-3-4-14-15-11(7)18-9/h3-4,6H,5,12H2,1-2H3,(H,13,16). The minimum absolute atomic E-state index is 0.0978. The number of nitrogens with zero attached hydrogens (tertiary/aromatic N) is 2. The highest BCUT2D eigenvalue weighted by atomic mass is 32.2. The first kappa shape index (κ1) is 13.9. The Bertz CT molecular complexity index is 641. The Morgan fingerprint density at radius 3 is 3.00 bits per heavy atom. The summed E-state index contributed by atoms with van der Waals surface area (Å²) in [6.07, 6.45) is 3.15. The van der Waals surface area contributed by atoms with E-state index in [9.17, 15) is 9.00 Å². The van der Waals surface area contributed by atoms with E-state index in [0.717, 1.165) is 5.39 Å². The number of rotatable bonds is 4. The molecule has 0 bridgehead atoms. The Morgan fingerprint density at radius 1 is 1.63 bits per heavy atom. The average molecular weight is 298 g/mol. The van der Waals surface area contributed by atoms with Crippen molar-refractivity contribution < 1.29 is 9.00 Å². The normalized spacial score (nSPS) is 14.2. The fourth-order valence-electron chi connectivity index (χ4n) is 1.48. The third kappa shape index (κ3) is 2.90. The molecule has 19 heavy (non-hydrogen) atoms. The maximum Gasteiger partial charge on any atom is 0.263 e. The van der Waals surface area contributed by atoms with Crippen LogP contribution in [0, 0.1) is 0 Å². The van der Waals surface area contributed by atoms with E-state index < -0.39 is 10.8 Å². The van der Waals surface area contributed by atoms with Crippen molar-refractivity contribution in [3.05, 3.63) is 17.1 Å². The summed E-state index contributed by atoms with van der Waals surface area (Å²) >= 11 is 1.21. The van der Waals surface area contributed by atoms with Gasteiger partial charge in [-0.1, -0.05) is 0 Å². The van der Waals surface area contributed by atoms with Crippen LogP contribution in [-0.2, 0) is 10.8 Å². The fourth-order valence-corrected chi connectivity index (χ4v) is 2.75. The van der Waals surface area contributed by atoms with Crippen molar-refractivity contribution in [3.63, 3.8) is 0 Å². The number of hydrogen-bond acceptors (Lipinski definition) is 6. The highest BCUT2D eigenvalue weighted by Crippen LogP contribution is 2.31. The highest BCUT2D eigenvalue weighted by molar-refractivity contribution is 7.84. The molecule has 8 heteroatoms. The van der Waals surface area contributed by atoms with Crippen molar-refractivity contribution in [2.24, 2.45) is 0 Å². The zero-order valence-corrected chi connectivity index (χ0v) is 12.2. The SMILES string of the molecule is CC(CNC(=O)c1sc2nnccc2c1N)S(C)=O. The van der Waals surface area contributed by atoms with Crippen LogP contribution >= 0.6 is 11.3 Å². The predicted octanol–water partition coefficient (Wildman–Crippen LogP) is 0.770. The van der Waals surface area contributed by atoms with Crippen molar-refractivity contribution in [1.29, 1.82) is 0 Å². The maximum atomic E-state index is 12.0. The van der Waals surface area contributed by atoms with Gasteiger partial charge >= 0.3 is 0 Å². The van der Waals surface area contributed by atoms with E-state index in [4.69, 9.17) is 5.73 Å². The van der Waals surface area contributed by atoms with Crippen LogP contribution in [-0.4, -0.2) is 38.4 Å². The number of thiophene rings is 1. The van der Waals surface area contributed by atoms with Gasteiger partial charge in [-0.15, -0.1) is 16.4 Å². The second-order valence-electron chi connectivity index (χ2n) is 4.11. The second-order valence-corrected chi connectivity index (χ2v) is 6.92. The molecule has 0 aromatic carbocycles. The number of anilines is 1. The van der Waals surface area contributed by atoms with E-state index in [1.807, 2.05) is 6.92 Å². The topological polar surface area (TPSA) is 98.0 Å². The molecule has 0 saturated heterocycles. The summed E-state index contributed by atoms with van der Waals surface area (Å²) in [6.45, 7) is 2.16. The molecule has 3 N–H and O–H groups in total. The van der Waals surface area contributed by atoms with Crippen LogP contribution < -0.4 is 11.1 Å². The first-order chi connectivity index (χ1) is 9.00. The van der Waals surface area contributed by atoms with Gasteiger partial charge in [-0.25, -0.2) is 0 Å². The van der Waals surface area contributed by atoms with E-state index in [1.54, 1.807) is 12.3 Å². The Labute approximate surface area is 116 Å². The number of nitrogens with one attached hydrogen (secondary N) is 1. The molecule has 102 valence electrons. The summed E-state index contributed by atoms with van der Waals surface area (Å²) in [7, 11) is -0.968. The number of aromatic nitrogens is 2. The van der Waals surface area contributed by atoms with Gasteiger partial charge in [0.05, 0.1) is 11.9 Å². The minimum Gasteiger partial charge on any atom is -0.397 e. The molecular weight excluding hydrogens is 284 g/mol. The minimum atomic E-state index is -0.968. The van der Waals surface area contributed by atoms with Crippen LogP contribution in [0.4, 0.5) is 5.69 Å². The monoisotopic (exact) mass is 298 g/mol. The van der Waals surface area contributed by atoms with Crippen LogP contribution in [0.1, 0.15) is 16.6 Å². The van der Waals surface area contributed by atoms with E-state index in [0.29, 0.717) is 21.9 Å². The number of carbonyl (C=O) groups is 1. The van der Waals surface area contributed by atoms with Gasteiger partial charge in [0.1, 0.15) is 9.71 Å². The van der Waals surface area contributed by atoms with Gasteiger partial charge in [0, 0.05) is 34.2 Å². The number of fused-ring (bicyclic) bond motifs is 1. The molecule has 0 aliphatic heterocycles. The molecule has 2 unspecified atom stereocenters. The summed E-state index contributed by atoms with van der Waals surface area (Å²) in [5.41, 5.74) is 6.34. The van der Waals surface area contributed by atoms with Crippen LogP contribution in [0.15, 0.2) is 12.3 Å². The summed E-state index contributed by atoms with van der Waals surface area (Å²) in [5.74, 6) is -0.266. The third-order valence-corrected chi connectivity index (χ3v) is 5.15. The predicted molar refractivity (Wildman–Crippen MR) is 77.7 cm³/mol. The molecule has 0 saturated carbocycles. The van der Waals surface area contributed by atoms with E-state index in [-0.39, 0.29) is 11.2 Å². The molecule has 2 aromatic rings. The zero-order chi connectivity index (χ0) is 14.0. The van der Waals surface area contributed by atoms with Crippen molar-refractivity contribution >= 4 is 43.9 Å². The molecule has 2 heterocycles. The quantitative estimate of drug-likeness (QED) is 0.869. The lowest BCUT2D eigenvalue weighted by Crippen LogP contribution is -2.32. The molecular formula is C11H14N4O2S2. The molecule has 1 amide bonds. The summed E-state index contributed by atoms with van der Waals surface area (Å²) < 4.78 is 11.2. The average Bonchev–Trinajstić information content (AvgIpc) is 2.73. The summed E-state index contributed by atoms with van der Waals surface area (Å²) in [6, 6.07) is 1.73. The van der Waals surface area contributed by atoms with Crippen LogP contribution in [0.2, 0.25) is 0 Å². The molecule has 2 aromatic heterocycles. The zero-order valence-electron chi connectivity index (χ0n) is 10.5. The smallest absolute Gasteiger partial charge is 0.263 e. The Kier molecular flexibility index (Phi) is 4.11. The van der Waals surface area contributed by atoms with Gasteiger partial charge in [0.25, 0.3) is 5.91 Å². The fraction of sp³-hybridized carbons (Fsp3) is 0.364. The number of nitrogens with two attached hydrogens (primary N) is 1. The Morgan fingerprint density at radius 2 is 2.37 bits per heavy atom. The summed E-state index contributed by atoms with van der Waals surface area (Å²) in [4.78, 5) is 13.1. The lowest BCUT2D eigenvalue weighted by Gasteiger charge is -2.09. The first-order valence-electron chi connectivity index (χ1n) is 5.60. The molecule has 6 nitrogen and oxygen atoms in total. The first-order valence-corrected chi connectivity index (χ1v) is 8.04. The largest absolute Gasteiger partial charge is 0.397 e. The van der Waals surface area contributed by atoms with E-state index in [2.05, 4.69) is 15.5 Å². The molecule has 0 radical (unpaired) electrons. The van der Waals surface area contributed by atoms with Gasteiger partial charge in [-0.3, -0.25) is 9.00 Å². The number of amides is 1. The van der Waals surface area contributed by atoms with Gasteiger partial charge in [-0.05, 0) is 13.0 Å². The van der Waals surface area contributed by atoms with Gasteiger partial charge in [0.2, 0.25) is 0 Å². The lowest BCUT2D eigenvalue weighted by atomic mass is 10.3. The lowest BCUT2D eigenvalue weighted by molar-refractivity contribution is 0.0959. The number of carbonyl (C=O) groups excluding carboxylic acids is 1. The van der Waals surface area contributed by atoms with Crippen LogP contribution in [0.5, 0.6) is 0 Å². The van der Waals surface area contributed by atoms with Crippen molar-refractivity contribution in [3.8, 4) is 0 Å². The molecule has 2 atom stereocenters. The molecule has 0 fully saturated rings. The van der Waals surface area contributed by atoms with Crippen molar-refractivity contribution in [2.45, 2.75) is 12.2 Å². The van der Waals surface area contributed by atoms with Crippen LogP contribution in [0.25, 0.3) is 10.2 Å². The highest BCUT2D eigenvalue weighted by Gasteiger charge is 2.18. The number of nitrogen functional groups attached to an aromatic ring is 1. The van der Waals surface area contributed by atoms with Crippen molar-refractivity contribution in [1.82, 2.24) is 15.5 Å². The van der Waals surface area contributed by atoms with Crippen LogP contribution in [0.3, 0.4) is 0 Å². The van der Waals surface area contributed by atoms with Crippen molar-refractivity contribution in [2.75, 3.05) is 18.5 Å². The second kappa shape index (κ2) is 5.62. The maximum absolute atomic E-state index is 12.0.